The summed E-state index contributed by atoms with van der Waals surface area (Å²) in [5.74, 6) is -0.263. The number of methoxy groups -OCH3 is 1. The van der Waals surface area contributed by atoms with E-state index in [0.717, 1.165) is 7.05 Å². The van der Waals surface area contributed by atoms with Gasteiger partial charge in [0.05, 0.1) is 17.0 Å². The Hall–Kier alpha value is -1.70. The van der Waals surface area contributed by atoms with Crippen molar-refractivity contribution in [2.24, 2.45) is 0 Å². The van der Waals surface area contributed by atoms with Crippen LogP contribution in [0.5, 0.6) is 5.75 Å². The van der Waals surface area contributed by atoms with E-state index in [2.05, 4.69) is 4.98 Å². The van der Waals surface area contributed by atoms with Crippen molar-refractivity contribution in [3.05, 3.63) is 46.2 Å². The summed E-state index contributed by atoms with van der Waals surface area (Å²) in [4.78, 5) is 14.7. The predicted octanol–water partition coefficient (Wildman–Crippen LogP) is 2.79. The topological polar surface area (TPSA) is 79.5 Å². The van der Waals surface area contributed by atoms with E-state index in [1.807, 2.05) is 0 Å². The number of sulfonamides is 1. The molecule has 0 unspecified atom stereocenters. The van der Waals surface area contributed by atoms with Gasteiger partial charge in [0.2, 0.25) is 0 Å². The number of rotatable bonds is 4. The molecule has 0 fully saturated rings. The van der Waals surface area contributed by atoms with Crippen molar-refractivity contribution in [1.29, 1.82) is 0 Å². The largest absolute Gasteiger partial charge is 0.497 e. The average molecular weight is 363 g/mol. The third-order valence-electron chi connectivity index (χ3n) is 2.96. The van der Waals surface area contributed by atoms with Crippen molar-refractivity contribution >= 4 is 39.1 Å². The molecule has 0 atom stereocenters. The van der Waals surface area contributed by atoms with E-state index in [4.69, 9.17) is 27.9 Å². The number of hydrogen-bond acceptors (Lipinski definition) is 4. The highest BCUT2D eigenvalue weighted by molar-refractivity contribution is 7.89. The zero-order valence-electron chi connectivity index (χ0n) is 11.6. The van der Waals surface area contributed by atoms with E-state index in [0.29, 0.717) is 10.1 Å². The third-order valence-corrected chi connectivity index (χ3v) is 5.41. The van der Waals surface area contributed by atoms with Gasteiger partial charge in [0, 0.05) is 7.05 Å². The van der Waals surface area contributed by atoms with Gasteiger partial charge in [-0.05, 0) is 30.3 Å². The Kier molecular flexibility index (Phi) is 4.69. The maximum absolute atomic E-state index is 12.4. The van der Waals surface area contributed by atoms with E-state index in [1.165, 1.54) is 37.4 Å². The molecule has 6 nitrogen and oxygen atoms in total. The summed E-state index contributed by atoms with van der Waals surface area (Å²) in [6.45, 7) is 0. The summed E-state index contributed by atoms with van der Waals surface area (Å²) in [5.41, 5.74) is -0.0189. The number of hydrogen-bond donors (Lipinski definition) is 1. The molecule has 1 aromatic carbocycles. The second-order valence-electron chi connectivity index (χ2n) is 4.30. The fourth-order valence-corrected chi connectivity index (χ4v) is 3.13. The number of aromatic amines is 1. The maximum atomic E-state index is 12.4. The molecule has 1 amide bonds. The van der Waals surface area contributed by atoms with Gasteiger partial charge >= 0.3 is 0 Å². The summed E-state index contributed by atoms with van der Waals surface area (Å²) >= 11 is 11.5. The Balaban J connectivity index is 2.33. The molecule has 118 valence electrons. The SMILES string of the molecule is COc1ccc(S(=O)(=O)N(C)C(=O)c2cc(Cl)c(Cl)[nH]2)cc1. The minimum Gasteiger partial charge on any atom is -0.497 e. The zero-order chi connectivity index (χ0) is 16.5. The summed E-state index contributed by atoms with van der Waals surface area (Å²) in [5, 5.41) is 0.209. The molecule has 0 aliphatic heterocycles. The first kappa shape index (κ1) is 16.7. The Morgan fingerprint density at radius 1 is 1.23 bits per heavy atom. The van der Waals surface area contributed by atoms with Gasteiger partial charge < -0.3 is 9.72 Å². The van der Waals surface area contributed by atoms with Crippen LogP contribution in [0.1, 0.15) is 10.5 Å². The number of benzene rings is 1. The summed E-state index contributed by atoms with van der Waals surface area (Å²) < 4.78 is 30.4. The number of amides is 1. The second kappa shape index (κ2) is 6.20. The van der Waals surface area contributed by atoms with E-state index in [-0.39, 0.29) is 20.8 Å². The van der Waals surface area contributed by atoms with Crippen LogP contribution in [0.25, 0.3) is 0 Å². The van der Waals surface area contributed by atoms with Crippen molar-refractivity contribution in [3.63, 3.8) is 0 Å². The highest BCUT2D eigenvalue weighted by atomic mass is 35.5. The molecule has 1 N–H and O–H groups in total. The predicted molar refractivity (Wildman–Crippen MR) is 83.1 cm³/mol. The quantitative estimate of drug-likeness (QED) is 0.906. The van der Waals surface area contributed by atoms with Crippen LogP contribution in [-0.2, 0) is 10.0 Å². The number of halogens is 2. The number of aromatic nitrogens is 1. The molecular formula is C13H12Cl2N2O4S. The van der Waals surface area contributed by atoms with Crippen LogP contribution in [0, 0.1) is 0 Å². The van der Waals surface area contributed by atoms with Crippen LogP contribution in [-0.4, -0.2) is 37.8 Å². The van der Waals surface area contributed by atoms with Crippen LogP contribution in [0.2, 0.25) is 10.2 Å². The van der Waals surface area contributed by atoms with Gasteiger partial charge in [0.15, 0.2) is 0 Å². The average Bonchev–Trinajstić information content (AvgIpc) is 2.85. The Labute approximate surface area is 137 Å². The van der Waals surface area contributed by atoms with E-state index in [1.54, 1.807) is 0 Å². The molecule has 22 heavy (non-hydrogen) atoms. The van der Waals surface area contributed by atoms with Crippen molar-refractivity contribution in [2.75, 3.05) is 14.2 Å². The molecular weight excluding hydrogens is 351 g/mol. The molecule has 2 rings (SSSR count). The molecule has 0 saturated heterocycles. The third kappa shape index (κ3) is 3.06. The number of carbonyl (C=O) groups is 1. The highest BCUT2D eigenvalue weighted by Gasteiger charge is 2.27. The van der Waals surface area contributed by atoms with Crippen molar-refractivity contribution < 1.29 is 17.9 Å². The van der Waals surface area contributed by atoms with Crippen molar-refractivity contribution in [3.8, 4) is 5.75 Å². The van der Waals surface area contributed by atoms with Crippen molar-refractivity contribution in [2.45, 2.75) is 4.90 Å². The molecule has 2 aromatic rings. The number of H-pyrrole nitrogens is 1. The zero-order valence-corrected chi connectivity index (χ0v) is 14.0. The Morgan fingerprint density at radius 2 is 1.82 bits per heavy atom. The van der Waals surface area contributed by atoms with Gasteiger partial charge in [0.1, 0.15) is 16.6 Å². The normalized spacial score (nSPS) is 11.3. The second-order valence-corrected chi connectivity index (χ2v) is 7.05. The first-order valence-corrected chi connectivity index (χ1v) is 8.18. The highest BCUT2D eigenvalue weighted by Crippen LogP contribution is 2.24. The minimum absolute atomic E-state index is 0.0189. The Bertz CT molecular complexity index is 780. The lowest BCUT2D eigenvalue weighted by Crippen LogP contribution is -2.33. The smallest absolute Gasteiger partial charge is 0.283 e. The van der Waals surface area contributed by atoms with Crippen LogP contribution in [0.3, 0.4) is 0 Å². The van der Waals surface area contributed by atoms with Gasteiger partial charge in [-0.3, -0.25) is 4.79 Å². The first-order valence-electron chi connectivity index (χ1n) is 5.98. The standard InChI is InChI=1S/C13H12Cl2N2O4S/c1-17(13(18)11-7-10(14)12(15)16-11)22(19,20)9-5-3-8(21-2)4-6-9/h3-7,16H,1-2H3. The van der Waals surface area contributed by atoms with Crippen molar-refractivity contribution in [1.82, 2.24) is 9.29 Å². The van der Waals surface area contributed by atoms with Crippen LogP contribution >= 0.6 is 23.2 Å². The molecule has 1 heterocycles. The molecule has 9 heteroatoms. The van der Waals surface area contributed by atoms with Crippen LogP contribution in [0.4, 0.5) is 0 Å². The van der Waals surface area contributed by atoms with E-state index in [9.17, 15) is 13.2 Å². The van der Waals surface area contributed by atoms with Gasteiger partial charge in [0.25, 0.3) is 15.9 Å². The Morgan fingerprint density at radius 3 is 2.27 bits per heavy atom. The fraction of sp³-hybridized carbons (Fsp3) is 0.154. The monoisotopic (exact) mass is 362 g/mol. The molecule has 0 radical (unpaired) electrons. The molecule has 0 bridgehead atoms. The van der Waals surface area contributed by atoms with Gasteiger partial charge in [-0.1, -0.05) is 23.2 Å². The lowest BCUT2D eigenvalue weighted by Gasteiger charge is -2.17. The van der Waals surface area contributed by atoms with Gasteiger partial charge in [-0.15, -0.1) is 0 Å². The lowest BCUT2D eigenvalue weighted by atomic mass is 10.3. The van der Waals surface area contributed by atoms with Gasteiger partial charge in [-0.25, -0.2) is 12.7 Å². The number of nitrogens with one attached hydrogen (secondary N) is 1. The molecule has 0 spiro atoms. The summed E-state index contributed by atoms with van der Waals surface area (Å²) in [6.07, 6.45) is 0. The number of carbonyl (C=O) groups excluding carboxylic acids is 1. The maximum Gasteiger partial charge on any atom is 0.283 e. The molecule has 0 aliphatic carbocycles. The van der Waals surface area contributed by atoms with Crippen LogP contribution in [0.15, 0.2) is 35.2 Å². The first-order chi connectivity index (χ1) is 10.3. The fourth-order valence-electron chi connectivity index (χ4n) is 1.70. The molecule has 0 aliphatic rings. The number of ether oxygens (including phenoxy) is 1. The van der Waals surface area contributed by atoms with Gasteiger partial charge in [-0.2, -0.15) is 0 Å². The number of nitrogens with zero attached hydrogens (tertiary/aromatic N) is 1. The minimum atomic E-state index is -3.99. The summed E-state index contributed by atoms with van der Waals surface area (Å²) in [6, 6.07) is 6.96. The molecule has 0 saturated carbocycles. The summed E-state index contributed by atoms with van der Waals surface area (Å²) in [7, 11) is -1.37. The van der Waals surface area contributed by atoms with Crippen LogP contribution < -0.4 is 4.74 Å². The lowest BCUT2D eigenvalue weighted by molar-refractivity contribution is 0.0878. The van der Waals surface area contributed by atoms with E-state index >= 15 is 0 Å². The molecule has 1 aromatic heterocycles. The van der Waals surface area contributed by atoms with E-state index < -0.39 is 15.9 Å².